The zero-order valence-electron chi connectivity index (χ0n) is 20.0. The quantitative estimate of drug-likeness (QED) is 0.384. The van der Waals surface area contributed by atoms with Crippen molar-refractivity contribution >= 4 is 17.4 Å². The molecule has 2 aliphatic rings. The van der Waals surface area contributed by atoms with Crippen LogP contribution in [0.3, 0.4) is 0 Å². The highest BCUT2D eigenvalue weighted by Crippen LogP contribution is 2.39. The van der Waals surface area contributed by atoms with Crippen LogP contribution < -0.4 is 4.74 Å². The van der Waals surface area contributed by atoms with Crippen LogP contribution in [-0.2, 0) is 14.3 Å². The van der Waals surface area contributed by atoms with E-state index in [0.717, 1.165) is 24.2 Å². The Morgan fingerprint density at radius 1 is 1.03 bits per heavy atom. The molecular weight excluding hydrogens is 432 g/mol. The molecule has 0 bridgehead atoms. The smallest absolute Gasteiger partial charge is 0.295 e. The van der Waals surface area contributed by atoms with Gasteiger partial charge in [0.05, 0.1) is 30.9 Å². The summed E-state index contributed by atoms with van der Waals surface area (Å²) in [6.45, 7) is 9.81. The van der Waals surface area contributed by atoms with E-state index in [1.165, 1.54) is 0 Å². The lowest BCUT2D eigenvalue weighted by Gasteiger charge is -2.31. The zero-order chi connectivity index (χ0) is 24.2. The lowest BCUT2D eigenvalue weighted by atomic mass is 9.94. The first-order chi connectivity index (χ1) is 16.3. The van der Waals surface area contributed by atoms with Crippen LogP contribution in [0.25, 0.3) is 5.76 Å². The largest absolute Gasteiger partial charge is 0.507 e. The van der Waals surface area contributed by atoms with Crippen molar-refractivity contribution in [3.8, 4) is 5.75 Å². The number of carbonyl (C=O) groups is 2. The van der Waals surface area contributed by atoms with Gasteiger partial charge in [-0.05, 0) is 50.6 Å². The third-order valence-corrected chi connectivity index (χ3v) is 6.19. The number of aryl methyl sites for hydroxylation is 1. The fourth-order valence-electron chi connectivity index (χ4n) is 4.40. The van der Waals surface area contributed by atoms with Crippen molar-refractivity contribution in [3.05, 3.63) is 70.8 Å². The molecule has 7 heteroatoms. The topological polar surface area (TPSA) is 79.3 Å². The highest BCUT2D eigenvalue weighted by atomic mass is 16.5. The molecule has 0 spiro atoms. The first kappa shape index (κ1) is 24.0. The van der Waals surface area contributed by atoms with Gasteiger partial charge in [0.25, 0.3) is 11.7 Å². The number of aliphatic hydroxyl groups is 1. The molecule has 2 aromatic rings. The summed E-state index contributed by atoms with van der Waals surface area (Å²) in [5, 5.41) is 11.2. The zero-order valence-corrected chi connectivity index (χ0v) is 20.0. The number of rotatable bonds is 7. The summed E-state index contributed by atoms with van der Waals surface area (Å²) in [6, 6.07) is 14.0. The molecule has 0 aromatic heterocycles. The predicted molar refractivity (Wildman–Crippen MR) is 130 cm³/mol. The average Bonchev–Trinajstić information content (AvgIpc) is 3.08. The fraction of sp³-hybridized carbons (Fsp3) is 0.407. The Kier molecular flexibility index (Phi) is 7.34. The second kappa shape index (κ2) is 10.4. The van der Waals surface area contributed by atoms with E-state index in [-0.39, 0.29) is 17.4 Å². The van der Waals surface area contributed by atoms with Gasteiger partial charge in [-0.3, -0.25) is 14.5 Å². The molecule has 7 nitrogen and oxygen atoms in total. The molecule has 2 aromatic carbocycles. The number of carbonyl (C=O) groups excluding carboxylic acids is 2. The van der Waals surface area contributed by atoms with Crippen molar-refractivity contribution in [2.24, 2.45) is 0 Å². The number of nitrogens with zero attached hydrogens (tertiary/aromatic N) is 2. The molecule has 0 saturated carbocycles. The van der Waals surface area contributed by atoms with E-state index in [2.05, 4.69) is 4.90 Å². The normalized spacial score (nSPS) is 20.8. The molecule has 1 N–H and O–H groups in total. The van der Waals surface area contributed by atoms with E-state index < -0.39 is 17.7 Å². The van der Waals surface area contributed by atoms with Crippen LogP contribution in [0.15, 0.2) is 54.1 Å². The Hall–Kier alpha value is -3.16. The summed E-state index contributed by atoms with van der Waals surface area (Å²) in [5.41, 5.74) is 2.47. The maximum atomic E-state index is 13.2. The monoisotopic (exact) mass is 464 g/mol. The minimum atomic E-state index is -0.660. The van der Waals surface area contributed by atoms with Crippen molar-refractivity contribution in [1.82, 2.24) is 9.80 Å². The molecule has 1 amide bonds. The first-order valence-corrected chi connectivity index (χ1v) is 11.8. The SMILES string of the molecule is Cc1ccc([C@H]2/C(=C(\O)c3ccc(OC(C)C)cc3)C(=O)C(=O)N2CCN2CCOCC2)cc1. The van der Waals surface area contributed by atoms with Crippen LogP contribution >= 0.6 is 0 Å². The molecule has 34 heavy (non-hydrogen) atoms. The van der Waals surface area contributed by atoms with Gasteiger partial charge >= 0.3 is 0 Å². The number of hydrogen-bond acceptors (Lipinski definition) is 6. The molecule has 0 radical (unpaired) electrons. The third-order valence-electron chi connectivity index (χ3n) is 6.19. The van der Waals surface area contributed by atoms with Gasteiger partial charge in [-0.25, -0.2) is 0 Å². The summed E-state index contributed by atoms with van der Waals surface area (Å²) in [4.78, 5) is 30.1. The van der Waals surface area contributed by atoms with E-state index in [0.29, 0.717) is 37.6 Å². The minimum Gasteiger partial charge on any atom is -0.507 e. The van der Waals surface area contributed by atoms with Gasteiger partial charge in [-0.1, -0.05) is 29.8 Å². The Morgan fingerprint density at radius 3 is 2.29 bits per heavy atom. The summed E-state index contributed by atoms with van der Waals surface area (Å²) in [6.07, 6.45) is 0.0257. The first-order valence-electron chi connectivity index (χ1n) is 11.8. The number of hydrogen-bond donors (Lipinski definition) is 1. The molecular formula is C27H32N2O5. The van der Waals surface area contributed by atoms with Crippen LogP contribution in [0.2, 0.25) is 0 Å². The summed E-state index contributed by atoms with van der Waals surface area (Å²) in [5.74, 6) is -0.741. The predicted octanol–water partition coefficient (Wildman–Crippen LogP) is 3.54. The Balaban J connectivity index is 1.69. The Labute approximate surface area is 200 Å². The van der Waals surface area contributed by atoms with E-state index in [4.69, 9.17) is 9.47 Å². The summed E-state index contributed by atoms with van der Waals surface area (Å²) >= 11 is 0. The van der Waals surface area contributed by atoms with Crippen molar-refractivity contribution < 1.29 is 24.2 Å². The molecule has 4 rings (SSSR count). The molecule has 2 heterocycles. The highest BCUT2D eigenvalue weighted by molar-refractivity contribution is 6.46. The van der Waals surface area contributed by atoms with Crippen LogP contribution in [0, 0.1) is 6.92 Å². The van der Waals surface area contributed by atoms with E-state index in [9.17, 15) is 14.7 Å². The molecule has 0 aliphatic carbocycles. The average molecular weight is 465 g/mol. The Morgan fingerprint density at radius 2 is 1.68 bits per heavy atom. The second-order valence-electron chi connectivity index (χ2n) is 9.05. The number of Topliss-reactive ketones (excluding diaryl/α,β-unsaturated/α-hetero) is 1. The van der Waals surface area contributed by atoms with Gasteiger partial charge in [0, 0.05) is 31.7 Å². The number of ketones is 1. The van der Waals surface area contributed by atoms with Gasteiger partial charge < -0.3 is 19.5 Å². The van der Waals surface area contributed by atoms with Crippen molar-refractivity contribution in [2.75, 3.05) is 39.4 Å². The standard InChI is InChI=1S/C27H32N2O5/c1-18(2)34-22-10-8-21(9-11-22)25(30)23-24(20-6-4-19(3)5-7-20)29(27(32)26(23)31)13-12-28-14-16-33-17-15-28/h4-11,18,24,30H,12-17H2,1-3H3/b25-23+/t24-/m0/s1. The number of benzene rings is 2. The minimum absolute atomic E-state index is 0.0257. The molecule has 180 valence electrons. The maximum absolute atomic E-state index is 13.2. The van der Waals surface area contributed by atoms with E-state index >= 15 is 0 Å². The maximum Gasteiger partial charge on any atom is 0.295 e. The molecule has 2 fully saturated rings. The summed E-state index contributed by atoms with van der Waals surface area (Å²) in [7, 11) is 0. The number of likely N-dealkylation sites (tertiary alicyclic amines) is 1. The third kappa shape index (κ3) is 5.16. The fourth-order valence-corrected chi connectivity index (χ4v) is 4.40. The lowest BCUT2D eigenvalue weighted by Crippen LogP contribution is -2.42. The van der Waals surface area contributed by atoms with Gasteiger partial charge in [-0.15, -0.1) is 0 Å². The van der Waals surface area contributed by atoms with Gasteiger partial charge in [0.1, 0.15) is 11.5 Å². The molecule has 1 atom stereocenters. The van der Waals surface area contributed by atoms with Gasteiger partial charge in [0.2, 0.25) is 0 Å². The Bertz CT molecular complexity index is 1050. The van der Waals surface area contributed by atoms with Gasteiger partial charge in [-0.2, -0.15) is 0 Å². The summed E-state index contributed by atoms with van der Waals surface area (Å²) < 4.78 is 11.1. The molecule has 0 unspecified atom stereocenters. The van der Waals surface area contributed by atoms with Gasteiger partial charge in [0.15, 0.2) is 0 Å². The number of ether oxygens (including phenoxy) is 2. The second-order valence-corrected chi connectivity index (χ2v) is 9.05. The number of morpholine rings is 1. The van der Waals surface area contributed by atoms with Crippen molar-refractivity contribution in [3.63, 3.8) is 0 Å². The lowest BCUT2D eigenvalue weighted by molar-refractivity contribution is -0.140. The van der Waals surface area contributed by atoms with Crippen LogP contribution in [0.1, 0.15) is 36.6 Å². The number of amides is 1. The van der Waals surface area contributed by atoms with Crippen LogP contribution in [-0.4, -0.2) is 72.1 Å². The molecule has 2 aliphatic heterocycles. The van der Waals surface area contributed by atoms with Crippen LogP contribution in [0.5, 0.6) is 5.75 Å². The van der Waals surface area contributed by atoms with Crippen molar-refractivity contribution in [1.29, 1.82) is 0 Å². The molecule has 2 saturated heterocycles. The van der Waals surface area contributed by atoms with Crippen molar-refractivity contribution in [2.45, 2.75) is 32.9 Å². The van der Waals surface area contributed by atoms with E-state index in [1.807, 2.05) is 45.0 Å². The van der Waals surface area contributed by atoms with Crippen LogP contribution in [0.4, 0.5) is 0 Å². The highest BCUT2D eigenvalue weighted by Gasteiger charge is 2.46. The number of aliphatic hydroxyl groups excluding tert-OH is 1. The van der Waals surface area contributed by atoms with E-state index in [1.54, 1.807) is 29.2 Å².